The summed E-state index contributed by atoms with van der Waals surface area (Å²) in [7, 11) is 0. The molecule has 0 bridgehead atoms. The molecular formula is C35H48N5O7-. The number of rotatable bonds is 16. The van der Waals surface area contributed by atoms with Crippen molar-refractivity contribution in [2.75, 3.05) is 13.1 Å². The van der Waals surface area contributed by atoms with Gasteiger partial charge in [0.2, 0.25) is 5.91 Å². The van der Waals surface area contributed by atoms with Gasteiger partial charge in [0.1, 0.15) is 12.1 Å². The van der Waals surface area contributed by atoms with Gasteiger partial charge in [0.15, 0.2) is 5.78 Å². The summed E-state index contributed by atoms with van der Waals surface area (Å²) in [6.45, 7) is 10.8. The van der Waals surface area contributed by atoms with E-state index < -0.39 is 53.9 Å². The molecule has 1 aromatic carbocycles. The molecule has 5 atom stereocenters. The molecule has 0 spiro atoms. The Morgan fingerprint density at radius 1 is 1.11 bits per heavy atom. The number of hydrogen-bond donors (Lipinski definition) is 3. The van der Waals surface area contributed by atoms with Crippen LogP contribution < -0.4 is 21.2 Å². The van der Waals surface area contributed by atoms with E-state index in [0.717, 1.165) is 28.6 Å². The van der Waals surface area contributed by atoms with Gasteiger partial charge in [-0.15, -0.1) is 0 Å². The van der Waals surface area contributed by atoms with Gasteiger partial charge in [-0.1, -0.05) is 58.0 Å². The summed E-state index contributed by atoms with van der Waals surface area (Å²) < 4.78 is 5.60. The minimum absolute atomic E-state index is 0.191. The van der Waals surface area contributed by atoms with Crippen LogP contribution >= 0.6 is 0 Å². The number of aryl methyl sites for hydroxylation is 1. The van der Waals surface area contributed by atoms with Crippen molar-refractivity contribution in [1.82, 2.24) is 26.1 Å². The van der Waals surface area contributed by atoms with Crippen molar-refractivity contribution in [2.45, 2.75) is 97.9 Å². The molecule has 2 amide bonds. The second-order valence-corrected chi connectivity index (χ2v) is 12.4. The van der Waals surface area contributed by atoms with Gasteiger partial charge in [-0.25, -0.2) is 5.43 Å². The molecule has 1 aliphatic rings. The number of nitrogens with one attached hydrogen (secondary N) is 3. The summed E-state index contributed by atoms with van der Waals surface area (Å²) in [6.07, 6.45) is 5.25. The van der Waals surface area contributed by atoms with Crippen molar-refractivity contribution in [3.63, 3.8) is 0 Å². The predicted octanol–water partition coefficient (Wildman–Crippen LogP) is 2.09. The lowest BCUT2D eigenvalue weighted by molar-refractivity contribution is -0.310. The molecule has 3 rings (SSSR count). The van der Waals surface area contributed by atoms with Crippen molar-refractivity contribution in [3.05, 3.63) is 47.7 Å². The molecule has 3 N–H and O–H groups in total. The Morgan fingerprint density at radius 2 is 1.83 bits per heavy atom. The number of esters is 1. The zero-order chi connectivity index (χ0) is 34.7. The van der Waals surface area contributed by atoms with Crippen LogP contribution in [0, 0.1) is 11.8 Å². The first-order valence-corrected chi connectivity index (χ1v) is 16.5. The van der Waals surface area contributed by atoms with Crippen LogP contribution in [-0.2, 0) is 35.1 Å². The average Bonchev–Trinajstić information content (AvgIpc) is 3.04. The molecule has 1 aromatic heterocycles. The number of ketones is 1. The largest absolute Gasteiger partial charge is 0.548 e. The minimum atomic E-state index is -1.30. The molecule has 1 saturated heterocycles. The number of Topliss-reactive ketones (excluding diaryl/α,β-unsaturated/α-hetero) is 1. The lowest BCUT2D eigenvalue weighted by Gasteiger charge is -2.36. The molecular weight excluding hydrogens is 602 g/mol. The van der Waals surface area contributed by atoms with Crippen LogP contribution in [0.4, 0.5) is 0 Å². The molecule has 0 aliphatic carbocycles. The highest BCUT2D eigenvalue weighted by molar-refractivity contribution is 5.91. The van der Waals surface area contributed by atoms with Crippen LogP contribution in [0.1, 0.15) is 78.5 Å². The Morgan fingerprint density at radius 3 is 2.49 bits per heavy atom. The van der Waals surface area contributed by atoms with E-state index in [1.165, 1.54) is 11.9 Å². The molecule has 12 heteroatoms. The van der Waals surface area contributed by atoms with Gasteiger partial charge in [0, 0.05) is 24.0 Å². The Labute approximate surface area is 276 Å². The summed E-state index contributed by atoms with van der Waals surface area (Å²) in [5.74, 6) is -3.97. The number of aromatic nitrogens is 1. The first kappa shape index (κ1) is 37.3. The fourth-order valence-corrected chi connectivity index (χ4v) is 5.43. The third-order valence-electron chi connectivity index (χ3n) is 8.19. The minimum Gasteiger partial charge on any atom is -0.548 e. The zero-order valence-electron chi connectivity index (χ0n) is 28.2. The summed E-state index contributed by atoms with van der Waals surface area (Å²) in [5.41, 5.74) is 5.30. The number of ether oxygens (including phenoxy) is 1. The summed E-state index contributed by atoms with van der Waals surface area (Å²) in [5, 5.41) is 19.2. The first-order valence-electron chi connectivity index (χ1n) is 16.5. The van der Waals surface area contributed by atoms with E-state index in [0.29, 0.717) is 25.8 Å². The number of carboxylic acids is 1. The summed E-state index contributed by atoms with van der Waals surface area (Å²) >= 11 is 0. The van der Waals surface area contributed by atoms with Crippen molar-refractivity contribution in [1.29, 1.82) is 0 Å². The standard InChI is InChI=1S/C35H49N5O7/c1-7-10-31(42)47-23(6)27(17-13-24-12-14-25-15-16-26(8-2)38-29(25)19-24)30(41)20-36-32(21(3)4)33(43)37-22(5)34(44)40-18-9-11-28(39-40)35(45)46/h12-17,19,21-23,27-28,32,36,39H,7-11,18,20H2,1-6H3,(H,37,43)(H,45,46)/p-1/b17-13+/t22-,23-,27?,28-,32-/m0/s1. The van der Waals surface area contributed by atoms with E-state index in [1.807, 2.05) is 64.1 Å². The second kappa shape index (κ2) is 17.7. The molecule has 0 radical (unpaired) electrons. The van der Waals surface area contributed by atoms with Crippen LogP contribution in [-0.4, -0.2) is 76.8 Å². The predicted molar refractivity (Wildman–Crippen MR) is 176 cm³/mol. The Kier molecular flexibility index (Phi) is 14.0. The van der Waals surface area contributed by atoms with Crippen LogP contribution in [0.2, 0.25) is 0 Å². The van der Waals surface area contributed by atoms with Gasteiger partial charge in [-0.05, 0) is 63.1 Å². The smallest absolute Gasteiger partial charge is 0.306 e. The van der Waals surface area contributed by atoms with E-state index in [1.54, 1.807) is 13.0 Å². The molecule has 12 nitrogen and oxygen atoms in total. The van der Waals surface area contributed by atoms with Crippen molar-refractivity contribution in [2.24, 2.45) is 11.8 Å². The Balaban J connectivity index is 1.72. The van der Waals surface area contributed by atoms with Gasteiger partial charge in [-0.3, -0.25) is 34.5 Å². The fourth-order valence-electron chi connectivity index (χ4n) is 5.43. The number of nitrogens with zero attached hydrogens (tertiary/aromatic N) is 2. The van der Waals surface area contributed by atoms with Crippen LogP contribution in [0.25, 0.3) is 17.0 Å². The number of carbonyl (C=O) groups is 5. The van der Waals surface area contributed by atoms with Crippen molar-refractivity contribution in [3.8, 4) is 0 Å². The highest BCUT2D eigenvalue weighted by Gasteiger charge is 2.32. The molecule has 0 saturated carbocycles. The third-order valence-corrected chi connectivity index (χ3v) is 8.19. The van der Waals surface area contributed by atoms with E-state index in [9.17, 15) is 29.1 Å². The number of hydrazine groups is 1. The molecule has 1 unspecified atom stereocenters. The molecule has 47 heavy (non-hydrogen) atoms. The van der Waals surface area contributed by atoms with E-state index >= 15 is 0 Å². The highest BCUT2D eigenvalue weighted by atomic mass is 16.5. The monoisotopic (exact) mass is 650 g/mol. The van der Waals surface area contributed by atoms with E-state index in [4.69, 9.17) is 4.74 Å². The van der Waals surface area contributed by atoms with Gasteiger partial charge in [-0.2, -0.15) is 0 Å². The molecule has 2 aromatic rings. The van der Waals surface area contributed by atoms with Crippen molar-refractivity contribution < 1.29 is 33.8 Å². The van der Waals surface area contributed by atoms with Crippen LogP contribution in [0.15, 0.2) is 36.4 Å². The summed E-state index contributed by atoms with van der Waals surface area (Å²) in [6, 6.07) is 7.10. The summed E-state index contributed by atoms with van der Waals surface area (Å²) in [4.78, 5) is 68.2. The SMILES string of the molecule is CCCC(=O)O[C@@H](C)C(/C=C/c1ccc2ccc(CC)nc2c1)C(=O)CN[C@H](C(=O)N[C@@H](C)C(=O)N1CCC[C@@H](C(=O)[O-])N1)C(C)C. The quantitative estimate of drug-likeness (QED) is 0.229. The van der Waals surface area contributed by atoms with Crippen LogP contribution in [0.3, 0.4) is 0 Å². The number of pyridine rings is 1. The molecule has 2 heterocycles. The normalized spacial score (nSPS) is 17.7. The maximum atomic E-state index is 13.6. The number of amides is 2. The number of hydrogen-bond acceptors (Lipinski definition) is 10. The molecule has 1 aliphatic heterocycles. The second-order valence-electron chi connectivity index (χ2n) is 12.4. The number of benzene rings is 1. The van der Waals surface area contributed by atoms with Crippen molar-refractivity contribution >= 4 is 46.5 Å². The van der Waals surface area contributed by atoms with Crippen LogP contribution in [0.5, 0.6) is 0 Å². The van der Waals surface area contributed by atoms with E-state index in [2.05, 4.69) is 21.0 Å². The highest BCUT2D eigenvalue weighted by Crippen LogP contribution is 2.19. The van der Waals surface area contributed by atoms with Gasteiger partial charge >= 0.3 is 5.97 Å². The Hall–Kier alpha value is -4.16. The van der Waals surface area contributed by atoms with Gasteiger partial charge in [0.05, 0.1) is 36.0 Å². The first-order chi connectivity index (χ1) is 22.3. The lowest BCUT2D eigenvalue weighted by Crippen LogP contribution is -2.62. The topological polar surface area (TPSA) is 170 Å². The lowest BCUT2D eigenvalue weighted by atomic mass is 9.95. The van der Waals surface area contributed by atoms with E-state index in [-0.39, 0.29) is 24.7 Å². The zero-order valence-corrected chi connectivity index (χ0v) is 28.2. The molecule has 256 valence electrons. The number of aliphatic carboxylic acids is 1. The fraction of sp³-hybridized carbons (Fsp3) is 0.543. The number of fused-ring (bicyclic) bond motifs is 1. The Bertz CT molecular complexity index is 1460. The number of carboxylic acid groups (broad SMARTS) is 1. The number of carbonyl (C=O) groups excluding carboxylic acids is 5. The van der Waals surface area contributed by atoms with Gasteiger partial charge < -0.3 is 20.0 Å². The molecule has 1 fully saturated rings. The maximum absolute atomic E-state index is 13.6. The van der Waals surface area contributed by atoms with Gasteiger partial charge in [0.25, 0.3) is 5.91 Å². The third kappa shape index (κ3) is 10.7. The average molecular weight is 651 g/mol. The maximum Gasteiger partial charge on any atom is 0.306 e.